The third-order valence-electron chi connectivity index (χ3n) is 3.51. The summed E-state index contributed by atoms with van der Waals surface area (Å²) in [6.07, 6.45) is 0.465. The number of benzene rings is 1. The average Bonchev–Trinajstić information content (AvgIpc) is 2.92. The van der Waals surface area contributed by atoms with Crippen LogP contribution in [0.3, 0.4) is 0 Å². The normalized spacial score (nSPS) is 15.4. The van der Waals surface area contributed by atoms with Crippen molar-refractivity contribution in [2.75, 3.05) is 29.9 Å². The summed E-state index contributed by atoms with van der Waals surface area (Å²) in [6.45, 7) is 11.5. The van der Waals surface area contributed by atoms with E-state index in [2.05, 4.69) is 64.8 Å². The van der Waals surface area contributed by atoms with E-state index in [1.165, 1.54) is 9.21 Å². The lowest BCUT2D eigenvalue weighted by Crippen LogP contribution is -2.41. The largest absolute Gasteiger partial charge is 0.444 e. The van der Waals surface area contributed by atoms with E-state index < -0.39 is 5.60 Å². The molecular formula is C18H29BrIN3O3S. The summed E-state index contributed by atoms with van der Waals surface area (Å²) in [6, 6.07) is 6.19. The van der Waals surface area contributed by atoms with Gasteiger partial charge in [-0.05, 0) is 39.0 Å². The number of nitrogens with zero attached hydrogens (tertiary/aromatic N) is 1. The smallest absolute Gasteiger partial charge is 0.407 e. The van der Waals surface area contributed by atoms with Gasteiger partial charge in [-0.25, -0.2) is 4.79 Å². The highest BCUT2D eigenvalue weighted by Gasteiger charge is 2.28. The zero-order valence-corrected chi connectivity index (χ0v) is 21.0. The van der Waals surface area contributed by atoms with Crippen molar-refractivity contribution in [3.05, 3.63) is 22.7 Å². The fourth-order valence-corrected chi connectivity index (χ4v) is 3.63. The minimum Gasteiger partial charge on any atom is -0.444 e. The van der Waals surface area contributed by atoms with Crippen molar-refractivity contribution in [2.24, 2.45) is 0 Å². The number of ether oxygens (including phenoxy) is 1. The molecule has 2 rings (SSSR count). The number of carbonyl (C=O) groups is 1. The van der Waals surface area contributed by atoms with Crippen LogP contribution in [0, 0.1) is 0 Å². The van der Waals surface area contributed by atoms with E-state index in [4.69, 9.17) is 8.92 Å². The summed E-state index contributed by atoms with van der Waals surface area (Å²) >= 11 is 5.62. The standard InChI is InChI=1S/C16H23BrIN3O3S.C2H6/c1-16(2,3)24-15(22)19-7-6-14-20-12-10-11(17)4-5-13(12)21(14)8-9-23-25-18;1-2/h4-5,10,14,20H,6-9H2,1-3H3,(H,19,22);1-2H3. The van der Waals surface area contributed by atoms with Crippen LogP contribution in [-0.2, 0) is 8.92 Å². The number of hydrogen-bond acceptors (Lipinski definition) is 6. The molecular weight excluding hydrogens is 545 g/mol. The fourth-order valence-electron chi connectivity index (χ4n) is 2.60. The molecule has 0 aromatic heterocycles. The first-order chi connectivity index (χ1) is 12.8. The molecule has 1 aromatic rings. The van der Waals surface area contributed by atoms with Crippen LogP contribution in [0.4, 0.5) is 16.2 Å². The number of hydrogen-bond donors (Lipinski definition) is 2. The van der Waals surface area contributed by atoms with Gasteiger partial charge in [0.25, 0.3) is 0 Å². The zero-order chi connectivity index (χ0) is 20.4. The van der Waals surface area contributed by atoms with Crippen LogP contribution in [0.2, 0.25) is 0 Å². The number of halogens is 2. The van der Waals surface area contributed by atoms with Gasteiger partial charge in [0, 0.05) is 45.2 Å². The molecule has 154 valence electrons. The minimum atomic E-state index is -0.487. The zero-order valence-electron chi connectivity index (χ0n) is 16.5. The summed E-state index contributed by atoms with van der Waals surface area (Å²) < 4.78 is 11.7. The Morgan fingerprint density at radius 2 is 2.11 bits per heavy atom. The molecule has 0 fully saturated rings. The summed E-state index contributed by atoms with van der Waals surface area (Å²) in [4.78, 5) is 14.1. The topological polar surface area (TPSA) is 62.8 Å². The monoisotopic (exact) mass is 573 g/mol. The molecule has 9 heteroatoms. The van der Waals surface area contributed by atoms with Crippen LogP contribution in [0.15, 0.2) is 22.7 Å². The van der Waals surface area contributed by atoms with Crippen molar-refractivity contribution in [2.45, 2.75) is 52.8 Å². The summed E-state index contributed by atoms with van der Waals surface area (Å²) in [5.41, 5.74) is 1.74. The van der Waals surface area contributed by atoms with Crippen molar-refractivity contribution in [3.63, 3.8) is 0 Å². The number of carbonyl (C=O) groups excluding carboxylic acids is 1. The van der Waals surface area contributed by atoms with Gasteiger partial charge < -0.3 is 24.5 Å². The Hall–Kier alpha value is -0.390. The number of nitrogens with one attached hydrogen (secondary N) is 2. The van der Waals surface area contributed by atoms with Gasteiger partial charge in [0.15, 0.2) is 0 Å². The third-order valence-corrected chi connectivity index (χ3v) is 5.02. The maximum Gasteiger partial charge on any atom is 0.407 e. The first kappa shape index (κ1) is 24.6. The molecule has 1 aromatic carbocycles. The van der Waals surface area contributed by atoms with E-state index in [1.54, 1.807) is 0 Å². The van der Waals surface area contributed by atoms with Gasteiger partial charge >= 0.3 is 6.09 Å². The molecule has 27 heavy (non-hydrogen) atoms. The second-order valence-corrected chi connectivity index (χ2v) is 8.97. The number of alkyl carbamates (subject to hydrolysis) is 1. The van der Waals surface area contributed by atoms with Gasteiger partial charge in [0.05, 0.1) is 27.2 Å². The molecule has 2 N–H and O–H groups in total. The van der Waals surface area contributed by atoms with Crippen LogP contribution >= 0.6 is 46.3 Å². The molecule has 0 bridgehead atoms. The van der Waals surface area contributed by atoms with E-state index in [9.17, 15) is 4.79 Å². The maximum absolute atomic E-state index is 11.8. The number of anilines is 2. The van der Waals surface area contributed by atoms with Crippen molar-refractivity contribution < 1.29 is 13.7 Å². The molecule has 1 unspecified atom stereocenters. The predicted octanol–water partition coefficient (Wildman–Crippen LogP) is 5.96. The Kier molecular flexibility index (Phi) is 11.2. The van der Waals surface area contributed by atoms with E-state index in [-0.39, 0.29) is 12.3 Å². The molecule has 0 radical (unpaired) electrons. The molecule has 1 amide bonds. The quantitative estimate of drug-likeness (QED) is 0.238. The first-order valence-electron chi connectivity index (χ1n) is 9.00. The van der Waals surface area contributed by atoms with Gasteiger partial charge in [-0.15, -0.1) is 0 Å². The Morgan fingerprint density at radius 1 is 1.41 bits per heavy atom. The van der Waals surface area contributed by atoms with Crippen LogP contribution < -0.4 is 15.5 Å². The van der Waals surface area contributed by atoms with E-state index in [0.29, 0.717) is 13.2 Å². The van der Waals surface area contributed by atoms with Crippen LogP contribution in [0.5, 0.6) is 0 Å². The Balaban J connectivity index is 0.00000176. The van der Waals surface area contributed by atoms with E-state index in [1.807, 2.05) is 40.7 Å². The van der Waals surface area contributed by atoms with Gasteiger partial charge in [-0.2, -0.15) is 0 Å². The molecule has 0 saturated carbocycles. The predicted molar refractivity (Wildman–Crippen MR) is 127 cm³/mol. The maximum atomic E-state index is 11.8. The van der Waals surface area contributed by atoms with Gasteiger partial charge in [-0.1, -0.05) is 29.8 Å². The van der Waals surface area contributed by atoms with Crippen molar-refractivity contribution in [3.8, 4) is 0 Å². The molecule has 6 nitrogen and oxygen atoms in total. The summed E-state index contributed by atoms with van der Waals surface area (Å²) in [5.74, 6) is 0. The lowest BCUT2D eigenvalue weighted by molar-refractivity contribution is 0.0526. The lowest BCUT2D eigenvalue weighted by Gasteiger charge is -2.27. The second kappa shape index (κ2) is 12.2. The molecule has 1 atom stereocenters. The summed E-state index contributed by atoms with van der Waals surface area (Å²) in [7, 11) is 1.34. The summed E-state index contributed by atoms with van der Waals surface area (Å²) in [5, 5.41) is 6.33. The average molecular weight is 574 g/mol. The molecule has 0 aliphatic carbocycles. The number of amides is 1. The SMILES string of the molecule is CC.CC(C)(C)OC(=O)NCCC1Nc2cc(Br)ccc2N1CCOSI. The number of fused-ring (bicyclic) bond motifs is 1. The first-order valence-corrected chi connectivity index (χ1v) is 13.1. The highest BCUT2D eigenvalue weighted by Crippen LogP contribution is 2.37. The molecule has 0 saturated heterocycles. The Labute approximate surface area is 187 Å². The highest BCUT2D eigenvalue weighted by molar-refractivity contribution is 14.2. The van der Waals surface area contributed by atoms with E-state index >= 15 is 0 Å². The van der Waals surface area contributed by atoms with Crippen molar-refractivity contribution in [1.82, 2.24) is 5.32 Å². The Morgan fingerprint density at radius 3 is 2.74 bits per heavy atom. The van der Waals surface area contributed by atoms with Gasteiger partial charge in [0.1, 0.15) is 11.8 Å². The van der Waals surface area contributed by atoms with E-state index in [0.717, 1.165) is 28.8 Å². The second-order valence-electron chi connectivity index (χ2n) is 6.62. The van der Waals surface area contributed by atoms with Crippen molar-refractivity contribution >= 4 is 63.8 Å². The third kappa shape index (κ3) is 8.66. The molecule has 1 heterocycles. The van der Waals surface area contributed by atoms with Crippen molar-refractivity contribution in [1.29, 1.82) is 0 Å². The number of rotatable bonds is 7. The molecule has 1 aliphatic heterocycles. The minimum absolute atomic E-state index is 0.0991. The molecule has 0 spiro atoms. The Bertz CT molecular complexity index is 602. The van der Waals surface area contributed by atoms with Crippen LogP contribution in [0.1, 0.15) is 41.0 Å². The molecule has 1 aliphatic rings. The lowest BCUT2D eigenvalue weighted by atomic mass is 10.2. The van der Waals surface area contributed by atoms with Crippen LogP contribution in [0.25, 0.3) is 0 Å². The fraction of sp³-hybridized carbons (Fsp3) is 0.611. The van der Waals surface area contributed by atoms with Gasteiger partial charge in [-0.3, -0.25) is 0 Å². The highest BCUT2D eigenvalue weighted by atomic mass is 127. The van der Waals surface area contributed by atoms with Gasteiger partial charge in [0.2, 0.25) is 0 Å². The van der Waals surface area contributed by atoms with Crippen LogP contribution in [-0.4, -0.2) is 37.6 Å².